The first-order valence-corrected chi connectivity index (χ1v) is 9.71. The molecule has 2 aromatic carbocycles. The van der Waals surface area contributed by atoms with Crippen molar-refractivity contribution in [3.8, 4) is 0 Å². The van der Waals surface area contributed by atoms with Gasteiger partial charge in [0.25, 0.3) is 0 Å². The lowest BCUT2D eigenvalue weighted by molar-refractivity contribution is 0.201. The fraction of sp³-hybridized carbons (Fsp3) is 0.409. The molecule has 1 heterocycles. The number of rotatable bonds is 5. The Labute approximate surface area is 162 Å². The largest absolute Gasteiger partial charge is 0.370 e. The van der Waals surface area contributed by atoms with Gasteiger partial charge in [-0.1, -0.05) is 24.3 Å². The second-order valence-corrected chi connectivity index (χ2v) is 7.36. The third-order valence-electron chi connectivity index (χ3n) is 5.36. The van der Waals surface area contributed by atoms with Crippen LogP contribution in [0.15, 0.2) is 53.5 Å². The van der Waals surface area contributed by atoms with Crippen molar-refractivity contribution < 1.29 is 0 Å². The molecule has 1 atom stereocenters. The maximum atomic E-state index is 6.08. The van der Waals surface area contributed by atoms with Crippen LogP contribution >= 0.6 is 0 Å². The van der Waals surface area contributed by atoms with E-state index >= 15 is 0 Å². The van der Waals surface area contributed by atoms with Gasteiger partial charge in [-0.3, -0.25) is 9.89 Å². The summed E-state index contributed by atoms with van der Waals surface area (Å²) in [4.78, 5) is 9.49. The van der Waals surface area contributed by atoms with Crippen molar-refractivity contribution in [1.29, 1.82) is 0 Å². The molecule has 1 unspecified atom stereocenters. The monoisotopic (exact) mass is 365 g/mol. The molecule has 0 aromatic heterocycles. The van der Waals surface area contributed by atoms with Crippen molar-refractivity contribution in [3.63, 3.8) is 0 Å². The Morgan fingerprint density at radius 2 is 1.74 bits per heavy atom. The molecule has 0 spiro atoms. The molecular weight excluding hydrogens is 334 g/mol. The molecule has 3 N–H and O–H groups in total. The van der Waals surface area contributed by atoms with E-state index in [0.717, 1.165) is 31.9 Å². The Bertz CT molecular complexity index is 764. The van der Waals surface area contributed by atoms with Gasteiger partial charge in [0, 0.05) is 43.6 Å². The summed E-state index contributed by atoms with van der Waals surface area (Å²) in [5.41, 5.74) is 10.9. The van der Waals surface area contributed by atoms with Crippen molar-refractivity contribution in [2.24, 2.45) is 10.7 Å². The summed E-state index contributed by atoms with van der Waals surface area (Å²) < 4.78 is 0. The van der Waals surface area contributed by atoms with Crippen LogP contribution in [0.1, 0.15) is 18.1 Å². The predicted octanol–water partition coefficient (Wildman–Crippen LogP) is 3.24. The number of aryl methyl sites for hydroxylation is 2. The van der Waals surface area contributed by atoms with E-state index in [1.807, 2.05) is 6.07 Å². The molecule has 5 heteroatoms. The molecule has 0 radical (unpaired) electrons. The van der Waals surface area contributed by atoms with Crippen molar-refractivity contribution >= 4 is 17.3 Å². The molecular formula is C22H31N5. The number of piperazine rings is 1. The number of guanidine groups is 1. The summed E-state index contributed by atoms with van der Waals surface area (Å²) >= 11 is 0. The van der Waals surface area contributed by atoms with E-state index in [0.29, 0.717) is 18.5 Å². The highest BCUT2D eigenvalue weighted by Crippen LogP contribution is 2.17. The average molecular weight is 366 g/mol. The minimum atomic E-state index is 0.378. The molecule has 3 rings (SSSR count). The Kier molecular flexibility index (Phi) is 6.35. The molecule has 5 nitrogen and oxygen atoms in total. The summed E-state index contributed by atoms with van der Waals surface area (Å²) in [6, 6.07) is 17.2. The van der Waals surface area contributed by atoms with Crippen LogP contribution in [0.2, 0.25) is 0 Å². The highest BCUT2D eigenvalue weighted by Gasteiger charge is 2.21. The molecule has 0 bridgehead atoms. The first-order chi connectivity index (χ1) is 13.0. The smallest absolute Gasteiger partial charge is 0.193 e. The molecule has 2 aromatic rings. The Morgan fingerprint density at radius 1 is 1.04 bits per heavy atom. The van der Waals surface area contributed by atoms with E-state index in [4.69, 9.17) is 5.73 Å². The van der Waals surface area contributed by atoms with Gasteiger partial charge in [0.2, 0.25) is 0 Å². The van der Waals surface area contributed by atoms with Crippen molar-refractivity contribution in [3.05, 3.63) is 59.7 Å². The fourth-order valence-electron chi connectivity index (χ4n) is 3.41. The van der Waals surface area contributed by atoms with Gasteiger partial charge in [-0.25, -0.2) is 0 Å². The number of nitrogens with zero attached hydrogens (tertiary/aromatic N) is 3. The molecule has 0 aliphatic carbocycles. The van der Waals surface area contributed by atoms with Gasteiger partial charge in [-0.2, -0.15) is 0 Å². The first-order valence-electron chi connectivity index (χ1n) is 9.71. The minimum Gasteiger partial charge on any atom is -0.370 e. The standard InChI is InChI=1S/C22H31N5/c1-17-9-10-20(15-18(17)2)25-22(23)24-16-19(3)26-11-13-27(14-12-26)21-7-5-4-6-8-21/h4-10,15,19H,11-14,16H2,1-3H3,(H3,23,24,25). The lowest BCUT2D eigenvalue weighted by Gasteiger charge is -2.38. The minimum absolute atomic E-state index is 0.378. The van der Waals surface area contributed by atoms with Gasteiger partial charge in [0.05, 0.1) is 6.54 Å². The summed E-state index contributed by atoms with van der Waals surface area (Å²) in [7, 11) is 0. The normalized spacial score (nSPS) is 17.0. The van der Waals surface area contributed by atoms with Crippen molar-refractivity contribution in [1.82, 2.24) is 4.90 Å². The third-order valence-corrected chi connectivity index (χ3v) is 5.36. The molecule has 1 saturated heterocycles. The van der Waals surface area contributed by atoms with Crippen LogP contribution in [0.4, 0.5) is 11.4 Å². The molecule has 1 aliphatic heterocycles. The van der Waals surface area contributed by atoms with E-state index in [9.17, 15) is 0 Å². The van der Waals surface area contributed by atoms with Gasteiger partial charge in [-0.05, 0) is 56.2 Å². The average Bonchev–Trinajstić information content (AvgIpc) is 2.70. The summed E-state index contributed by atoms with van der Waals surface area (Å²) in [5.74, 6) is 0.480. The van der Waals surface area contributed by atoms with Crippen LogP contribution < -0.4 is 16.0 Å². The van der Waals surface area contributed by atoms with Crippen molar-refractivity contribution in [2.75, 3.05) is 42.9 Å². The first kappa shape index (κ1) is 19.2. The van der Waals surface area contributed by atoms with Crippen LogP contribution in [-0.2, 0) is 0 Å². The van der Waals surface area contributed by atoms with E-state index in [2.05, 4.69) is 83.3 Å². The Hall–Kier alpha value is -2.53. The van der Waals surface area contributed by atoms with Gasteiger partial charge >= 0.3 is 0 Å². The highest BCUT2D eigenvalue weighted by molar-refractivity contribution is 5.92. The van der Waals surface area contributed by atoms with Gasteiger partial charge < -0.3 is 16.0 Å². The van der Waals surface area contributed by atoms with Gasteiger partial charge in [-0.15, -0.1) is 0 Å². The zero-order chi connectivity index (χ0) is 19.2. The molecule has 27 heavy (non-hydrogen) atoms. The Balaban J connectivity index is 1.48. The fourth-order valence-corrected chi connectivity index (χ4v) is 3.41. The van der Waals surface area contributed by atoms with Crippen molar-refractivity contribution in [2.45, 2.75) is 26.8 Å². The summed E-state index contributed by atoms with van der Waals surface area (Å²) in [5, 5.41) is 3.20. The number of para-hydroxylation sites is 1. The van der Waals surface area contributed by atoms with Crippen LogP contribution in [0.5, 0.6) is 0 Å². The second-order valence-electron chi connectivity index (χ2n) is 7.36. The second kappa shape index (κ2) is 8.91. The summed E-state index contributed by atoms with van der Waals surface area (Å²) in [6.07, 6.45) is 0. The third kappa shape index (κ3) is 5.23. The van der Waals surface area contributed by atoms with Gasteiger partial charge in [0.1, 0.15) is 0 Å². The number of nitrogens with one attached hydrogen (secondary N) is 1. The SMILES string of the molecule is Cc1ccc(NC(N)=NCC(C)N2CCN(c3ccccc3)CC2)cc1C. The Morgan fingerprint density at radius 3 is 2.41 bits per heavy atom. The maximum Gasteiger partial charge on any atom is 0.193 e. The number of nitrogens with two attached hydrogens (primary N) is 1. The van der Waals surface area contributed by atoms with Gasteiger partial charge in [0.15, 0.2) is 5.96 Å². The van der Waals surface area contributed by atoms with E-state index in [1.165, 1.54) is 16.8 Å². The van der Waals surface area contributed by atoms with Crippen LogP contribution in [-0.4, -0.2) is 49.6 Å². The number of hydrogen-bond donors (Lipinski definition) is 2. The molecule has 1 aliphatic rings. The number of benzene rings is 2. The zero-order valence-corrected chi connectivity index (χ0v) is 16.7. The maximum absolute atomic E-state index is 6.08. The van der Waals surface area contributed by atoms with E-state index < -0.39 is 0 Å². The number of hydrogen-bond acceptors (Lipinski definition) is 3. The predicted molar refractivity (Wildman–Crippen MR) is 116 cm³/mol. The topological polar surface area (TPSA) is 56.9 Å². The number of anilines is 2. The molecule has 144 valence electrons. The number of aliphatic imine (C=N–C) groups is 1. The summed E-state index contributed by atoms with van der Waals surface area (Å²) in [6.45, 7) is 11.3. The lowest BCUT2D eigenvalue weighted by Crippen LogP contribution is -2.50. The lowest BCUT2D eigenvalue weighted by atomic mass is 10.1. The zero-order valence-electron chi connectivity index (χ0n) is 16.7. The quantitative estimate of drug-likeness (QED) is 0.631. The highest BCUT2D eigenvalue weighted by atomic mass is 15.3. The molecule has 1 fully saturated rings. The van der Waals surface area contributed by atoms with Crippen LogP contribution in [0.25, 0.3) is 0 Å². The molecule has 0 amide bonds. The van der Waals surface area contributed by atoms with Crippen LogP contribution in [0.3, 0.4) is 0 Å². The molecule has 0 saturated carbocycles. The van der Waals surface area contributed by atoms with Crippen LogP contribution in [0, 0.1) is 13.8 Å². The van der Waals surface area contributed by atoms with E-state index in [1.54, 1.807) is 0 Å². The van der Waals surface area contributed by atoms with E-state index in [-0.39, 0.29) is 0 Å².